The maximum Gasteiger partial charge on any atom is 0.0332 e. The molecule has 2 N–H and O–H groups in total. The second-order valence-electron chi connectivity index (χ2n) is 6.88. The first-order chi connectivity index (χ1) is 9.28. The van der Waals surface area contributed by atoms with Gasteiger partial charge in [0.25, 0.3) is 0 Å². The lowest BCUT2D eigenvalue weighted by Crippen LogP contribution is -2.52. The molecular formula is C15H33N3S2. The Bertz CT molecular complexity index is 278. The second kappa shape index (κ2) is 8.28. The molecule has 0 spiro atoms. The van der Waals surface area contributed by atoms with Crippen molar-refractivity contribution in [3.8, 4) is 0 Å². The molecule has 1 unspecified atom stereocenters. The number of likely N-dealkylation sites (N-methyl/N-ethyl adjacent to an activating group) is 1. The zero-order chi connectivity index (χ0) is 15.2. The first kappa shape index (κ1) is 18.6. The molecule has 1 heterocycles. The van der Waals surface area contributed by atoms with Crippen molar-refractivity contribution in [1.82, 2.24) is 15.5 Å². The molecule has 1 aliphatic rings. The van der Waals surface area contributed by atoms with Gasteiger partial charge in [0.1, 0.15) is 0 Å². The smallest absolute Gasteiger partial charge is 0.0332 e. The van der Waals surface area contributed by atoms with Crippen molar-refractivity contribution in [2.24, 2.45) is 0 Å². The van der Waals surface area contributed by atoms with Crippen molar-refractivity contribution >= 4 is 21.6 Å². The quantitative estimate of drug-likeness (QED) is 0.777. The van der Waals surface area contributed by atoms with E-state index in [1.807, 2.05) is 21.6 Å². The molecule has 1 aliphatic heterocycles. The van der Waals surface area contributed by atoms with Crippen LogP contribution in [-0.4, -0.2) is 59.7 Å². The predicted molar refractivity (Wildman–Crippen MR) is 95.8 cm³/mol. The normalized spacial score (nSPS) is 27.4. The van der Waals surface area contributed by atoms with Gasteiger partial charge in [-0.3, -0.25) is 0 Å². The molecule has 5 heteroatoms. The van der Waals surface area contributed by atoms with Crippen LogP contribution < -0.4 is 10.6 Å². The van der Waals surface area contributed by atoms with Gasteiger partial charge in [-0.25, -0.2) is 0 Å². The minimum atomic E-state index is 0.279. The molecular weight excluding hydrogens is 286 g/mol. The lowest BCUT2D eigenvalue weighted by Gasteiger charge is -2.35. The van der Waals surface area contributed by atoms with E-state index < -0.39 is 0 Å². The third-order valence-electron chi connectivity index (χ3n) is 3.62. The Labute approximate surface area is 133 Å². The van der Waals surface area contributed by atoms with E-state index >= 15 is 0 Å². The largest absolute Gasteiger partial charge is 0.314 e. The summed E-state index contributed by atoms with van der Waals surface area (Å²) in [6.07, 6.45) is 0. The minimum Gasteiger partial charge on any atom is -0.314 e. The fourth-order valence-electron chi connectivity index (χ4n) is 2.22. The molecule has 0 aliphatic carbocycles. The molecule has 0 aromatic rings. The first-order valence-electron chi connectivity index (χ1n) is 7.81. The zero-order valence-corrected chi connectivity index (χ0v) is 15.7. The summed E-state index contributed by atoms with van der Waals surface area (Å²) >= 11 is 0. The molecule has 0 saturated carbocycles. The van der Waals surface area contributed by atoms with Crippen LogP contribution >= 0.6 is 21.6 Å². The second-order valence-corrected chi connectivity index (χ2v) is 10.4. The van der Waals surface area contributed by atoms with Gasteiger partial charge in [-0.1, -0.05) is 35.4 Å². The van der Waals surface area contributed by atoms with Gasteiger partial charge in [0, 0.05) is 41.7 Å². The monoisotopic (exact) mass is 319 g/mol. The van der Waals surface area contributed by atoms with E-state index in [4.69, 9.17) is 0 Å². The number of hydrogen-bond donors (Lipinski definition) is 2. The molecule has 120 valence electrons. The van der Waals surface area contributed by atoms with Gasteiger partial charge in [0.05, 0.1) is 0 Å². The highest BCUT2D eigenvalue weighted by molar-refractivity contribution is 8.77. The van der Waals surface area contributed by atoms with E-state index in [0.29, 0.717) is 10.8 Å². The van der Waals surface area contributed by atoms with E-state index in [1.165, 1.54) is 0 Å². The van der Waals surface area contributed by atoms with Crippen molar-refractivity contribution in [2.75, 3.05) is 39.3 Å². The van der Waals surface area contributed by atoms with Crippen molar-refractivity contribution in [2.45, 2.75) is 57.1 Å². The number of nitrogens with zero attached hydrogens (tertiary/aromatic N) is 1. The van der Waals surface area contributed by atoms with Crippen LogP contribution in [0, 0.1) is 0 Å². The highest BCUT2D eigenvalue weighted by Gasteiger charge is 2.28. The van der Waals surface area contributed by atoms with Crippen LogP contribution in [-0.2, 0) is 0 Å². The molecule has 20 heavy (non-hydrogen) atoms. The summed E-state index contributed by atoms with van der Waals surface area (Å²) < 4.78 is 0.569. The van der Waals surface area contributed by atoms with E-state index in [-0.39, 0.29) is 4.75 Å². The van der Waals surface area contributed by atoms with Gasteiger partial charge in [-0.05, 0) is 40.8 Å². The van der Waals surface area contributed by atoms with Crippen molar-refractivity contribution in [3.63, 3.8) is 0 Å². The van der Waals surface area contributed by atoms with Gasteiger partial charge in [-0.2, -0.15) is 0 Å². The fourth-order valence-corrected chi connectivity index (χ4v) is 4.68. The Hall–Kier alpha value is 0.580. The van der Waals surface area contributed by atoms with Gasteiger partial charge < -0.3 is 15.5 Å². The fraction of sp³-hybridized carbons (Fsp3) is 1.00. The van der Waals surface area contributed by atoms with Crippen LogP contribution in [0.3, 0.4) is 0 Å². The van der Waals surface area contributed by atoms with Crippen LogP contribution in [0.5, 0.6) is 0 Å². The summed E-state index contributed by atoms with van der Waals surface area (Å²) in [6, 6.07) is 0.536. The lowest BCUT2D eigenvalue weighted by molar-refractivity contribution is 0.257. The SMILES string of the molecule is CCN(CC)CC1CNCC(C)(C)SSC(C)(C)CN1. The third kappa shape index (κ3) is 7.03. The van der Waals surface area contributed by atoms with E-state index in [9.17, 15) is 0 Å². The van der Waals surface area contributed by atoms with E-state index in [2.05, 4.69) is 57.1 Å². The maximum absolute atomic E-state index is 3.77. The van der Waals surface area contributed by atoms with Gasteiger partial charge >= 0.3 is 0 Å². The Morgan fingerprint density at radius 3 is 2.10 bits per heavy atom. The topological polar surface area (TPSA) is 27.3 Å². The molecule has 0 bridgehead atoms. The molecule has 1 fully saturated rings. The first-order valence-corrected chi connectivity index (χ1v) is 9.96. The molecule has 3 nitrogen and oxygen atoms in total. The molecule has 1 atom stereocenters. The molecule has 0 radical (unpaired) electrons. The van der Waals surface area contributed by atoms with Crippen molar-refractivity contribution in [1.29, 1.82) is 0 Å². The van der Waals surface area contributed by atoms with Crippen molar-refractivity contribution < 1.29 is 0 Å². The van der Waals surface area contributed by atoms with Crippen LogP contribution in [0.15, 0.2) is 0 Å². The summed E-state index contributed by atoms with van der Waals surface area (Å²) in [5.74, 6) is 0. The molecule has 1 saturated heterocycles. The zero-order valence-electron chi connectivity index (χ0n) is 14.1. The van der Waals surface area contributed by atoms with Crippen LogP contribution in [0.4, 0.5) is 0 Å². The van der Waals surface area contributed by atoms with E-state index in [1.54, 1.807) is 0 Å². The summed E-state index contributed by atoms with van der Waals surface area (Å²) in [7, 11) is 4.03. The average Bonchev–Trinajstić information content (AvgIpc) is 2.38. The van der Waals surface area contributed by atoms with Crippen molar-refractivity contribution in [3.05, 3.63) is 0 Å². The van der Waals surface area contributed by atoms with Gasteiger partial charge in [0.15, 0.2) is 0 Å². The number of nitrogens with one attached hydrogen (secondary N) is 2. The molecule has 0 aromatic carbocycles. The molecule has 1 rings (SSSR count). The van der Waals surface area contributed by atoms with Crippen LogP contribution in [0.1, 0.15) is 41.5 Å². The minimum absolute atomic E-state index is 0.279. The van der Waals surface area contributed by atoms with Gasteiger partial charge in [-0.15, -0.1) is 0 Å². The van der Waals surface area contributed by atoms with Gasteiger partial charge in [0.2, 0.25) is 0 Å². The molecule has 0 amide bonds. The highest BCUT2D eigenvalue weighted by atomic mass is 33.1. The Morgan fingerprint density at radius 2 is 1.55 bits per heavy atom. The number of rotatable bonds is 4. The van der Waals surface area contributed by atoms with E-state index in [0.717, 1.165) is 39.3 Å². The van der Waals surface area contributed by atoms with Crippen LogP contribution in [0.2, 0.25) is 0 Å². The standard InChI is InChI=1S/C15H33N3S2/c1-7-18(8-2)10-13-9-16-11-14(3,4)19-20-15(5,6)12-17-13/h13,16-17H,7-12H2,1-6H3. The maximum atomic E-state index is 3.77. The third-order valence-corrected chi connectivity index (χ3v) is 7.86. The predicted octanol–water partition coefficient (Wildman–Crippen LogP) is 2.83. The average molecular weight is 320 g/mol. The number of hydrogen-bond acceptors (Lipinski definition) is 5. The lowest BCUT2D eigenvalue weighted by atomic mass is 10.1. The summed E-state index contributed by atoms with van der Waals surface area (Å²) in [5, 5.41) is 7.42. The Balaban J connectivity index is 2.63. The van der Waals surface area contributed by atoms with Crippen LogP contribution in [0.25, 0.3) is 0 Å². The highest BCUT2D eigenvalue weighted by Crippen LogP contribution is 2.43. The summed E-state index contributed by atoms with van der Waals surface area (Å²) in [6.45, 7) is 20.4. The summed E-state index contributed by atoms with van der Waals surface area (Å²) in [4.78, 5) is 2.51. The molecule has 0 aromatic heterocycles. The Morgan fingerprint density at radius 1 is 1.00 bits per heavy atom. The summed E-state index contributed by atoms with van der Waals surface area (Å²) in [5.41, 5.74) is 0. The Kier molecular flexibility index (Phi) is 7.71.